The first-order valence-electron chi connectivity index (χ1n) is 10.1. The van der Waals surface area contributed by atoms with Gasteiger partial charge in [-0.1, -0.05) is 35.4 Å². The van der Waals surface area contributed by atoms with Crippen LogP contribution >= 0.6 is 11.8 Å². The highest BCUT2D eigenvalue weighted by Crippen LogP contribution is 2.24. The van der Waals surface area contributed by atoms with Gasteiger partial charge in [0.05, 0.1) is 11.5 Å². The number of rotatable bonds is 6. The lowest BCUT2D eigenvalue weighted by Crippen LogP contribution is -2.26. The van der Waals surface area contributed by atoms with Crippen molar-refractivity contribution in [2.75, 3.05) is 0 Å². The minimum Gasteiger partial charge on any atom is -0.318 e. The van der Waals surface area contributed by atoms with E-state index in [1.54, 1.807) is 6.21 Å². The Kier molecular flexibility index (Phi) is 6.83. The third-order valence-electron chi connectivity index (χ3n) is 5.14. The number of thioether (sulfide) groups is 1. The van der Waals surface area contributed by atoms with Gasteiger partial charge in [-0.05, 0) is 71.4 Å². The van der Waals surface area contributed by atoms with Gasteiger partial charge in [0.25, 0.3) is 5.91 Å². The van der Waals surface area contributed by atoms with Crippen molar-refractivity contribution in [3.05, 3.63) is 82.2 Å². The monoisotopic (exact) mass is 419 g/mol. The fourth-order valence-corrected chi connectivity index (χ4v) is 4.34. The second kappa shape index (κ2) is 9.35. The zero-order valence-electron chi connectivity index (χ0n) is 18.5. The van der Waals surface area contributed by atoms with Crippen molar-refractivity contribution in [2.24, 2.45) is 5.10 Å². The van der Waals surface area contributed by atoms with E-state index in [0.29, 0.717) is 0 Å². The molecule has 2 aromatic carbocycles. The number of benzene rings is 2. The summed E-state index contributed by atoms with van der Waals surface area (Å²) in [5.41, 5.74) is 10.8. The number of aryl methyl sites for hydroxylation is 4. The molecule has 1 amide bonds. The number of aromatic nitrogens is 1. The van der Waals surface area contributed by atoms with E-state index in [9.17, 15) is 4.79 Å². The highest BCUT2D eigenvalue weighted by molar-refractivity contribution is 8.00. The molecule has 0 bridgehead atoms. The third kappa shape index (κ3) is 5.03. The molecule has 0 unspecified atom stereocenters. The summed E-state index contributed by atoms with van der Waals surface area (Å²) in [6.45, 7) is 12.3. The second-order valence-corrected chi connectivity index (χ2v) is 9.17. The van der Waals surface area contributed by atoms with Gasteiger partial charge >= 0.3 is 0 Å². The molecule has 0 aliphatic heterocycles. The first kappa shape index (κ1) is 21.9. The van der Waals surface area contributed by atoms with E-state index in [0.717, 1.165) is 21.8 Å². The number of carbonyl (C=O) groups is 1. The summed E-state index contributed by atoms with van der Waals surface area (Å²) in [6, 6.07) is 16.7. The van der Waals surface area contributed by atoms with E-state index in [-0.39, 0.29) is 11.2 Å². The summed E-state index contributed by atoms with van der Waals surface area (Å²) in [5, 5.41) is 3.98. The van der Waals surface area contributed by atoms with Gasteiger partial charge in [0.2, 0.25) is 0 Å². The Morgan fingerprint density at radius 1 is 1.00 bits per heavy atom. The Bertz CT molecular complexity index is 1080. The van der Waals surface area contributed by atoms with Crippen LogP contribution in [0.15, 0.2) is 58.5 Å². The maximum absolute atomic E-state index is 12.4. The van der Waals surface area contributed by atoms with Crippen LogP contribution in [0.3, 0.4) is 0 Å². The van der Waals surface area contributed by atoms with E-state index in [1.807, 2.05) is 19.1 Å². The minimum atomic E-state index is -0.229. The Morgan fingerprint density at radius 3 is 2.33 bits per heavy atom. The summed E-state index contributed by atoms with van der Waals surface area (Å²) in [7, 11) is 0. The topological polar surface area (TPSA) is 46.4 Å². The Balaban J connectivity index is 1.69. The molecular formula is C25H29N3OS. The second-order valence-electron chi connectivity index (χ2n) is 7.76. The highest BCUT2D eigenvalue weighted by Gasteiger charge is 2.14. The third-order valence-corrected chi connectivity index (χ3v) is 6.26. The molecular weight excluding hydrogens is 390 g/mol. The van der Waals surface area contributed by atoms with Crippen molar-refractivity contribution >= 4 is 23.9 Å². The Morgan fingerprint density at radius 2 is 1.67 bits per heavy atom. The first-order valence-corrected chi connectivity index (χ1v) is 11.0. The van der Waals surface area contributed by atoms with Gasteiger partial charge in [0, 0.05) is 27.5 Å². The zero-order valence-corrected chi connectivity index (χ0v) is 19.3. The maximum Gasteiger partial charge on any atom is 0.253 e. The number of hydrogen-bond donors (Lipinski definition) is 1. The highest BCUT2D eigenvalue weighted by atomic mass is 32.2. The summed E-state index contributed by atoms with van der Waals surface area (Å²) >= 11 is 1.53. The first-order chi connectivity index (χ1) is 14.3. The molecule has 0 spiro atoms. The van der Waals surface area contributed by atoms with Gasteiger partial charge in [-0.25, -0.2) is 5.43 Å². The lowest BCUT2D eigenvalue weighted by atomic mass is 10.1. The van der Waals surface area contributed by atoms with E-state index in [1.165, 1.54) is 34.1 Å². The van der Waals surface area contributed by atoms with Crippen LogP contribution < -0.4 is 5.43 Å². The van der Waals surface area contributed by atoms with Crippen LogP contribution in [-0.2, 0) is 4.79 Å². The Labute approximate surface area is 183 Å². The molecule has 1 heterocycles. The van der Waals surface area contributed by atoms with Crippen LogP contribution in [-0.4, -0.2) is 21.9 Å². The molecule has 0 radical (unpaired) electrons. The number of nitrogens with zero attached hydrogens (tertiary/aromatic N) is 2. The van der Waals surface area contributed by atoms with Crippen molar-refractivity contribution in [3.8, 4) is 5.69 Å². The summed E-state index contributed by atoms with van der Waals surface area (Å²) in [4.78, 5) is 13.5. The molecule has 4 nitrogen and oxygen atoms in total. The molecule has 0 saturated heterocycles. The zero-order chi connectivity index (χ0) is 21.8. The number of hydrogen-bond acceptors (Lipinski definition) is 3. The van der Waals surface area contributed by atoms with E-state index < -0.39 is 0 Å². The average Bonchev–Trinajstić information content (AvgIpc) is 2.97. The molecule has 3 aromatic rings. The van der Waals surface area contributed by atoms with Gasteiger partial charge in [0.15, 0.2) is 0 Å². The quantitative estimate of drug-likeness (QED) is 0.319. The fourth-order valence-electron chi connectivity index (χ4n) is 3.48. The van der Waals surface area contributed by atoms with Crippen LogP contribution in [0.25, 0.3) is 5.69 Å². The molecule has 1 N–H and O–H groups in total. The van der Waals surface area contributed by atoms with Gasteiger partial charge in [-0.3, -0.25) is 4.79 Å². The Hall–Kier alpha value is -2.79. The molecule has 30 heavy (non-hydrogen) atoms. The van der Waals surface area contributed by atoms with Crippen molar-refractivity contribution < 1.29 is 4.79 Å². The molecule has 1 aromatic heterocycles. The van der Waals surface area contributed by atoms with E-state index in [2.05, 4.69) is 86.1 Å². The maximum atomic E-state index is 12.4. The van der Waals surface area contributed by atoms with Crippen molar-refractivity contribution in [1.82, 2.24) is 9.99 Å². The van der Waals surface area contributed by atoms with Crippen molar-refractivity contribution in [1.29, 1.82) is 0 Å². The number of amides is 1. The van der Waals surface area contributed by atoms with Gasteiger partial charge in [-0.2, -0.15) is 5.10 Å². The lowest BCUT2D eigenvalue weighted by molar-refractivity contribution is -0.120. The van der Waals surface area contributed by atoms with Crippen LogP contribution in [0, 0.1) is 34.6 Å². The summed E-state index contributed by atoms with van der Waals surface area (Å²) in [5.74, 6) is -0.111. The lowest BCUT2D eigenvalue weighted by Gasteiger charge is -2.13. The van der Waals surface area contributed by atoms with Gasteiger partial charge in [0.1, 0.15) is 0 Å². The molecule has 0 fully saturated rings. The smallest absolute Gasteiger partial charge is 0.253 e. The van der Waals surface area contributed by atoms with Crippen LogP contribution in [0.5, 0.6) is 0 Å². The van der Waals surface area contributed by atoms with Crippen molar-refractivity contribution in [3.63, 3.8) is 0 Å². The average molecular weight is 420 g/mol. The van der Waals surface area contributed by atoms with Crippen LogP contribution in [0.4, 0.5) is 0 Å². The van der Waals surface area contributed by atoms with E-state index >= 15 is 0 Å². The molecule has 0 saturated carbocycles. The van der Waals surface area contributed by atoms with Gasteiger partial charge < -0.3 is 4.57 Å². The molecule has 156 valence electrons. The molecule has 3 rings (SSSR count). The van der Waals surface area contributed by atoms with E-state index in [4.69, 9.17) is 0 Å². The number of hydrazone groups is 1. The summed E-state index contributed by atoms with van der Waals surface area (Å²) < 4.78 is 2.23. The largest absolute Gasteiger partial charge is 0.318 e. The predicted molar refractivity (Wildman–Crippen MR) is 127 cm³/mol. The van der Waals surface area contributed by atoms with Crippen LogP contribution in [0.1, 0.15) is 40.6 Å². The van der Waals surface area contributed by atoms with Gasteiger partial charge in [-0.15, -0.1) is 11.8 Å². The van der Waals surface area contributed by atoms with Crippen LogP contribution in [0.2, 0.25) is 0 Å². The summed E-state index contributed by atoms with van der Waals surface area (Å²) in [6.07, 6.45) is 1.73. The molecule has 1 atom stereocenters. The standard InChI is InChI=1S/C25H29N3OS/c1-16-7-10-23(11-8-16)30-21(6)25(29)27-26-15-22-14-19(4)28(20(22)5)24-12-9-17(2)13-18(24)3/h7-15,21H,1-6H3,(H,27,29)/b26-15-/t21-/m1/s1. The normalized spacial score (nSPS) is 12.3. The SMILES string of the molecule is Cc1ccc(S[C@H](C)C(=O)N/N=C\c2cc(C)n(-c3ccc(C)cc3C)c2C)cc1. The molecule has 0 aliphatic rings. The molecule has 0 aliphatic carbocycles. The minimum absolute atomic E-state index is 0.111. The fraction of sp³-hybridized carbons (Fsp3) is 0.280. The number of carbonyl (C=O) groups excluding carboxylic acids is 1. The predicted octanol–water partition coefficient (Wildman–Crippen LogP) is 5.65. The number of nitrogens with one attached hydrogen (secondary N) is 1. The van der Waals surface area contributed by atoms with Crippen molar-refractivity contribution in [2.45, 2.75) is 51.7 Å². The molecule has 5 heteroatoms.